The van der Waals surface area contributed by atoms with Crippen LogP contribution in [0.5, 0.6) is 0 Å². The maximum absolute atomic E-state index is 12.6. The summed E-state index contributed by atoms with van der Waals surface area (Å²) in [5.74, 6) is -0.0674. The number of Topliss-reactive ketones (excluding diaryl/α,β-unsaturated/α-hetero) is 1. The molecule has 7 rings (SSSR count). The van der Waals surface area contributed by atoms with Crippen molar-refractivity contribution in [3.8, 4) is 33.0 Å². The van der Waals surface area contributed by atoms with Gasteiger partial charge >= 0.3 is 0 Å². The second-order valence-electron chi connectivity index (χ2n) is 9.92. The molecule has 0 fully saturated rings. The van der Waals surface area contributed by atoms with Crippen LogP contribution in [0.2, 0.25) is 0 Å². The summed E-state index contributed by atoms with van der Waals surface area (Å²) in [7, 11) is 0. The van der Waals surface area contributed by atoms with Crippen LogP contribution in [0.4, 0.5) is 5.69 Å². The van der Waals surface area contributed by atoms with Crippen molar-refractivity contribution in [2.45, 2.75) is 13.3 Å². The number of carbonyl (C=O) groups excluding carboxylic acids is 2. The minimum atomic E-state index is -0.112. The van der Waals surface area contributed by atoms with Crippen molar-refractivity contribution in [1.82, 2.24) is 30.1 Å². The lowest BCUT2D eigenvalue weighted by molar-refractivity contribution is -0.115. The van der Waals surface area contributed by atoms with Crippen molar-refractivity contribution in [3.63, 3.8) is 0 Å². The van der Waals surface area contributed by atoms with Gasteiger partial charge in [-0.05, 0) is 42.8 Å². The Morgan fingerprint density at radius 2 is 1.71 bits per heavy atom. The first kappa shape index (κ1) is 25.5. The Morgan fingerprint density at radius 1 is 0.881 bits per heavy atom. The molecule has 0 saturated carbocycles. The second kappa shape index (κ2) is 10.5. The standard InChI is InChI=1S/C32H23N7O2S/c1-18(40)28-7-8-29(42-28)25-16-34-17-27-23(25)12-26(37-27)31-24-11-21(14-35-32(24)39-38-31)20-10-22(15-33-13-20)36-30(41)9-19-5-3-2-4-6-19/h2-8,10-17,37H,9H2,1H3,(H,36,41)(H,35,38,39). The Balaban J connectivity index is 1.21. The van der Waals surface area contributed by atoms with Gasteiger partial charge in [-0.25, -0.2) is 4.98 Å². The third-order valence-electron chi connectivity index (χ3n) is 7.01. The molecule has 0 spiro atoms. The molecule has 9 nitrogen and oxygen atoms in total. The number of amides is 1. The number of anilines is 1. The van der Waals surface area contributed by atoms with E-state index in [4.69, 9.17) is 0 Å². The molecule has 0 aliphatic heterocycles. The van der Waals surface area contributed by atoms with Crippen LogP contribution in [0, 0.1) is 0 Å². The second-order valence-corrected chi connectivity index (χ2v) is 11.0. The number of pyridine rings is 3. The summed E-state index contributed by atoms with van der Waals surface area (Å²) in [5, 5.41) is 12.3. The minimum absolute atomic E-state index is 0.0451. The normalized spacial score (nSPS) is 11.3. The van der Waals surface area contributed by atoms with E-state index in [9.17, 15) is 9.59 Å². The molecule has 0 radical (unpaired) electrons. The zero-order valence-corrected chi connectivity index (χ0v) is 23.2. The molecular formula is C32H23N7O2S. The Morgan fingerprint density at radius 3 is 2.55 bits per heavy atom. The highest BCUT2D eigenvalue weighted by Crippen LogP contribution is 2.37. The lowest BCUT2D eigenvalue weighted by atomic mass is 10.1. The summed E-state index contributed by atoms with van der Waals surface area (Å²) in [6, 6.07) is 19.4. The third-order valence-corrected chi connectivity index (χ3v) is 8.23. The zero-order valence-electron chi connectivity index (χ0n) is 22.4. The van der Waals surface area contributed by atoms with E-state index >= 15 is 0 Å². The molecule has 42 heavy (non-hydrogen) atoms. The lowest BCUT2D eigenvalue weighted by Crippen LogP contribution is -2.14. The molecule has 1 amide bonds. The van der Waals surface area contributed by atoms with Gasteiger partial charge in [0.15, 0.2) is 11.4 Å². The number of carbonyl (C=O) groups is 2. The number of nitrogens with zero attached hydrogens (tertiary/aromatic N) is 4. The van der Waals surface area contributed by atoms with Crippen molar-refractivity contribution < 1.29 is 9.59 Å². The van der Waals surface area contributed by atoms with Crippen molar-refractivity contribution in [1.29, 1.82) is 0 Å². The SMILES string of the molecule is CC(=O)c1ccc(-c2cncc3[nH]c(-c4[nH]nc5ncc(-c6cncc(NC(=O)Cc7ccccc7)c6)cc45)cc23)s1. The van der Waals surface area contributed by atoms with Gasteiger partial charge in [-0.3, -0.25) is 24.7 Å². The highest BCUT2D eigenvalue weighted by molar-refractivity contribution is 7.17. The molecular weight excluding hydrogens is 546 g/mol. The average molecular weight is 570 g/mol. The molecule has 1 aromatic carbocycles. The van der Waals surface area contributed by atoms with E-state index in [1.165, 1.54) is 11.3 Å². The van der Waals surface area contributed by atoms with Crippen molar-refractivity contribution in [2.75, 3.05) is 5.32 Å². The number of ketones is 1. The first-order valence-corrected chi connectivity index (χ1v) is 14.0. The van der Waals surface area contributed by atoms with Gasteiger partial charge in [0.25, 0.3) is 0 Å². The topological polar surface area (TPSA) is 129 Å². The molecule has 0 unspecified atom stereocenters. The summed E-state index contributed by atoms with van der Waals surface area (Å²) in [6.07, 6.45) is 9.00. The summed E-state index contributed by atoms with van der Waals surface area (Å²) in [4.78, 5) is 42.9. The molecule has 7 aromatic rings. The molecule has 0 saturated heterocycles. The van der Waals surface area contributed by atoms with E-state index in [1.807, 2.05) is 60.8 Å². The number of benzene rings is 1. The average Bonchev–Trinajstić information content (AvgIpc) is 3.75. The van der Waals surface area contributed by atoms with Gasteiger partial charge in [-0.2, -0.15) is 5.10 Å². The lowest BCUT2D eigenvalue weighted by Gasteiger charge is -2.07. The number of rotatable bonds is 7. The van der Waals surface area contributed by atoms with Crippen LogP contribution in [0.15, 0.2) is 91.6 Å². The van der Waals surface area contributed by atoms with E-state index in [-0.39, 0.29) is 18.1 Å². The Hall–Kier alpha value is -5.48. The van der Waals surface area contributed by atoms with Crippen LogP contribution in [0.25, 0.3) is 54.9 Å². The highest BCUT2D eigenvalue weighted by atomic mass is 32.1. The predicted molar refractivity (Wildman–Crippen MR) is 164 cm³/mol. The smallest absolute Gasteiger partial charge is 0.228 e. The van der Waals surface area contributed by atoms with Crippen molar-refractivity contribution in [3.05, 3.63) is 102 Å². The minimum Gasteiger partial charge on any atom is -0.352 e. The van der Waals surface area contributed by atoms with Crippen LogP contribution >= 0.6 is 11.3 Å². The molecule has 10 heteroatoms. The number of hydrogen-bond acceptors (Lipinski definition) is 7. The van der Waals surface area contributed by atoms with Crippen LogP contribution in [0.3, 0.4) is 0 Å². The molecule has 204 valence electrons. The molecule has 6 aromatic heterocycles. The van der Waals surface area contributed by atoms with E-state index in [0.717, 1.165) is 54.8 Å². The number of aromatic amines is 2. The summed E-state index contributed by atoms with van der Waals surface area (Å²) >= 11 is 1.46. The molecule has 0 aliphatic rings. The third kappa shape index (κ3) is 4.84. The van der Waals surface area contributed by atoms with E-state index < -0.39 is 0 Å². The Bertz CT molecular complexity index is 2110. The Kier molecular flexibility index (Phi) is 6.37. The Labute approximate surface area is 243 Å². The van der Waals surface area contributed by atoms with E-state index in [1.54, 1.807) is 31.7 Å². The number of hydrogen-bond donors (Lipinski definition) is 3. The van der Waals surface area contributed by atoms with Gasteiger partial charge < -0.3 is 10.3 Å². The zero-order chi connectivity index (χ0) is 28.6. The van der Waals surface area contributed by atoms with Crippen molar-refractivity contribution >= 4 is 50.7 Å². The van der Waals surface area contributed by atoms with E-state index in [2.05, 4.69) is 41.5 Å². The summed E-state index contributed by atoms with van der Waals surface area (Å²) < 4.78 is 0. The van der Waals surface area contributed by atoms with Gasteiger partial charge in [-0.1, -0.05) is 30.3 Å². The number of thiophene rings is 1. The number of aromatic nitrogens is 6. The van der Waals surface area contributed by atoms with Crippen LogP contribution in [0.1, 0.15) is 22.2 Å². The van der Waals surface area contributed by atoms with Crippen LogP contribution < -0.4 is 5.32 Å². The van der Waals surface area contributed by atoms with Gasteiger partial charge in [0, 0.05) is 50.9 Å². The quantitative estimate of drug-likeness (QED) is 0.184. The highest BCUT2D eigenvalue weighted by Gasteiger charge is 2.16. The monoisotopic (exact) mass is 569 g/mol. The summed E-state index contributed by atoms with van der Waals surface area (Å²) in [6.45, 7) is 1.57. The molecule has 0 aliphatic carbocycles. The number of H-pyrrole nitrogens is 2. The van der Waals surface area contributed by atoms with Gasteiger partial charge in [0.1, 0.15) is 0 Å². The fourth-order valence-electron chi connectivity index (χ4n) is 4.97. The predicted octanol–water partition coefficient (Wildman–Crippen LogP) is 6.68. The van der Waals surface area contributed by atoms with Crippen LogP contribution in [-0.2, 0) is 11.2 Å². The van der Waals surface area contributed by atoms with Crippen LogP contribution in [-0.4, -0.2) is 41.8 Å². The first-order chi connectivity index (χ1) is 20.5. The fraction of sp³-hybridized carbons (Fsp3) is 0.0625. The molecule has 6 heterocycles. The number of fused-ring (bicyclic) bond motifs is 2. The summed E-state index contributed by atoms with van der Waals surface area (Å²) in [5.41, 5.74) is 7.23. The molecule has 0 bridgehead atoms. The number of nitrogens with one attached hydrogen (secondary N) is 3. The van der Waals surface area contributed by atoms with Crippen molar-refractivity contribution in [2.24, 2.45) is 0 Å². The molecule has 0 atom stereocenters. The first-order valence-electron chi connectivity index (χ1n) is 13.2. The largest absolute Gasteiger partial charge is 0.352 e. The van der Waals surface area contributed by atoms with Gasteiger partial charge in [0.2, 0.25) is 5.91 Å². The maximum Gasteiger partial charge on any atom is 0.228 e. The van der Waals surface area contributed by atoms with Gasteiger partial charge in [-0.15, -0.1) is 11.3 Å². The maximum atomic E-state index is 12.6. The van der Waals surface area contributed by atoms with E-state index in [0.29, 0.717) is 16.2 Å². The molecule has 3 N–H and O–H groups in total. The fourth-order valence-corrected chi connectivity index (χ4v) is 5.89. The van der Waals surface area contributed by atoms with Gasteiger partial charge in [0.05, 0.1) is 46.3 Å².